The minimum absolute atomic E-state index is 0.0470. The third-order valence-corrected chi connectivity index (χ3v) is 3.21. The molecule has 0 saturated heterocycles. The number of carbonyl (C=O) groups is 1. The van der Waals surface area contributed by atoms with Crippen LogP contribution in [0.3, 0.4) is 0 Å². The zero-order valence-corrected chi connectivity index (χ0v) is 11.9. The second-order valence-corrected chi connectivity index (χ2v) is 4.76. The standard InChI is InChI=1S/C13H28N2O2/c1-6-11(7-2)15(8-9-17-5)13(16)12(14)10(3)4/h10-12H,6-9,14H2,1-5H3/t12-/m0/s1. The van der Waals surface area contributed by atoms with Crippen LogP contribution in [0.1, 0.15) is 40.5 Å². The molecule has 0 aromatic rings. The molecule has 0 radical (unpaired) electrons. The molecule has 0 heterocycles. The number of amides is 1. The summed E-state index contributed by atoms with van der Waals surface area (Å²) >= 11 is 0. The van der Waals surface area contributed by atoms with E-state index < -0.39 is 6.04 Å². The van der Waals surface area contributed by atoms with Gasteiger partial charge in [-0.15, -0.1) is 0 Å². The van der Waals surface area contributed by atoms with E-state index in [4.69, 9.17) is 10.5 Å². The number of hydrogen-bond donors (Lipinski definition) is 1. The third-order valence-electron chi connectivity index (χ3n) is 3.21. The predicted molar refractivity (Wildman–Crippen MR) is 70.8 cm³/mol. The fourth-order valence-electron chi connectivity index (χ4n) is 1.87. The minimum atomic E-state index is -0.410. The summed E-state index contributed by atoms with van der Waals surface area (Å²) in [6.45, 7) is 9.34. The van der Waals surface area contributed by atoms with E-state index in [1.54, 1.807) is 7.11 Å². The SMILES string of the molecule is CCC(CC)N(CCOC)C(=O)[C@@H](N)C(C)C. The fourth-order valence-corrected chi connectivity index (χ4v) is 1.87. The van der Waals surface area contributed by atoms with Crippen LogP contribution >= 0.6 is 0 Å². The molecule has 102 valence electrons. The highest BCUT2D eigenvalue weighted by molar-refractivity contribution is 5.82. The summed E-state index contributed by atoms with van der Waals surface area (Å²) in [6.07, 6.45) is 1.91. The van der Waals surface area contributed by atoms with Crippen LogP contribution in [0.2, 0.25) is 0 Å². The number of rotatable bonds is 8. The summed E-state index contributed by atoms with van der Waals surface area (Å²) in [6, 6.07) is -0.144. The lowest BCUT2D eigenvalue weighted by molar-refractivity contribution is -0.136. The van der Waals surface area contributed by atoms with E-state index >= 15 is 0 Å². The molecule has 0 aromatic heterocycles. The monoisotopic (exact) mass is 244 g/mol. The highest BCUT2D eigenvalue weighted by Gasteiger charge is 2.27. The number of hydrogen-bond acceptors (Lipinski definition) is 3. The van der Waals surface area contributed by atoms with Gasteiger partial charge >= 0.3 is 0 Å². The summed E-state index contributed by atoms with van der Waals surface area (Å²) in [5.41, 5.74) is 5.95. The van der Waals surface area contributed by atoms with Gasteiger partial charge in [0.1, 0.15) is 0 Å². The van der Waals surface area contributed by atoms with E-state index in [-0.39, 0.29) is 17.9 Å². The molecule has 0 aromatic carbocycles. The van der Waals surface area contributed by atoms with Gasteiger partial charge in [-0.25, -0.2) is 0 Å². The summed E-state index contributed by atoms with van der Waals surface area (Å²) in [5, 5.41) is 0. The van der Waals surface area contributed by atoms with Crippen LogP contribution in [-0.2, 0) is 9.53 Å². The molecule has 0 spiro atoms. The van der Waals surface area contributed by atoms with Gasteiger partial charge in [-0.1, -0.05) is 27.7 Å². The second-order valence-electron chi connectivity index (χ2n) is 4.76. The largest absolute Gasteiger partial charge is 0.383 e. The smallest absolute Gasteiger partial charge is 0.240 e. The molecule has 1 amide bonds. The Bertz CT molecular complexity index is 215. The molecule has 0 aliphatic carbocycles. The molecule has 1 atom stereocenters. The van der Waals surface area contributed by atoms with E-state index in [1.807, 2.05) is 18.7 Å². The van der Waals surface area contributed by atoms with Crippen LogP contribution < -0.4 is 5.73 Å². The highest BCUT2D eigenvalue weighted by Crippen LogP contribution is 2.12. The Morgan fingerprint density at radius 3 is 2.18 bits per heavy atom. The number of ether oxygens (including phenoxy) is 1. The first-order chi connectivity index (χ1) is 7.99. The van der Waals surface area contributed by atoms with Crippen LogP contribution in [0.4, 0.5) is 0 Å². The maximum Gasteiger partial charge on any atom is 0.240 e. The Morgan fingerprint density at radius 2 is 1.82 bits per heavy atom. The lowest BCUT2D eigenvalue weighted by Gasteiger charge is -2.33. The lowest BCUT2D eigenvalue weighted by atomic mass is 10.0. The number of carbonyl (C=O) groups excluding carboxylic acids is 1. The van der Waals surface area contributed by atoms with Gasteiger partial charge in [0.15, 0.2) is 0 Å². The van der Waals surface area contributed by atoms with E-state index in [2.05, 4.69) is 13.8 Å². The zero-order valence-electron chi connectivity index (χ0n) is 11.9. The Labute approximate surface area is 105 Å². The number of methoxy groups -OCH3 is 1. The quantitative estimate of drug-likeness (QED) is 0.706. The van der Waals surface area contributed by atoms with Crippen LogP contribution in [0, 0.1) is 5.92 Å². The number of nitrogens with two attached hydrogens (primary N) is 1. The molecular formula is C13H28N2O2. The molecule has 17 heavy (non-hydrogen) atoms. The van der Waals surface area contributed by atoms with Crippen LogP contribution in [0.25, 0.3) is 0 Å². The summed E-state index contributed by atoms with van der Waals surface area (Å²) in [7, 11) is 1.65. The van der Waals surface area contributed by atoms with Crippen molar-refractivity contribution in [1.82, 2.24) is 4.90 Å². The fraction of sp³-hybridized carbons (Fsp3) is 0.923. The van der Waals surface area contributed by atoms with Crippen LogP contribution in [0.15, 0.2) is 0 Å². The first-order valence-corrected chi connectivity index (χ1v) is 6.54. The molecular weight excluding hydrogens is 216 g/mol. The Kier molecular flexibility index (Phi) is 8.17. The second kappa shape index (κ2) is 8.48. The maximum absolute atomic E-state index is 12.3. The van der Waals surface area contributed by atoms with Crippen LogP contribution in [-0.4, -0.2) is 43.2 Å². The average Bonchev–Trinajstić information content (AvgIpc) is 2.32. The van der Waals surface area contributed by atoms with E-state index in [1.165, 1.54) is 0 Å². The van der Waals surface area contributed by atoms with Crippen molar-refractivity contribution < 1.29 is 9.53 Å². The topological polar surface area (TPSA) is 55.6 Å². The van der Waals surface area contributed by atoms with Crippen molar-refractivity contribution in [3.63, 3.8) is 0 Å². The van der Waals surface area contributed by atoms with Crippen molar-refractivity contribution in [3.05, 3.63) is 0 Å². The molecule has 2 N–H and O–H groups in total. The molecule has 4 heteroatoms. The molecule has 0 bridgehead atoms. The average molecular weight is 244 g/mol. The molecule has 0 aliphatic heterocycles. The summed E-state index contributed by atoms with van der Waals surface area (Å²) in [4.78, 5) is 14.2. The molecule has 0 fully saturated rings. The van der Waals surface area contributed by atoms with Gasteiger partial charge in [-0.05, 0) is 18.8 Å². The minimum Gasteiger partial charge on any atom is -0.383 e. The lowest BCUT2D eigenvalue weighted by Crippen LogP contribution is -2.51. The van der Waals surface area contributed by atoms with Crippen molar-refractivity contribution >= 4 is 5.91 Å². The van der Waals surface area contributed by atoms with Crippen molar-refractivity contribution in [2.24, 2.45) is 11.7 Å². The molecule has 0 saturated carbocycles. The van der Waals surface area contributed by atoms with Gasteiger partial charge in [-0.2, -0.15) is 0 Å². The Balaban J connectivity index is 4.71. The van der Waals surface area contributed by atoms with Gasteiger partial charge < -0.3 is 15.4 Å². The Morgan fingerprint density at radius 1 is 1.29 bits per heavy atom. The summed E-state index contributed by atoms with van der Waals surface area (Å²) < 4.78 is 5.07. The first-order valence-electron chi connectivity index (χ1n) is 6.54. The van der Waals surface area contributed by atoms with Gasteiger partial charge in [-0.3, -0.25) is 4.79 Å². The highest BCUT2D eigenvalue weighted by atomic mass is 16.5. The van der Waals surface area contributed by atoms with Gasteiger partial charge in [0.2, 0.25) is 5.91 Å². The van der Waals surface area contributed by atoms with E-state index in [0.29, 0.717) is 13.2 Å². The van der Waals surface area contributed by atoms with E-state index in [0.717, 1.165) is 12.8 Å². The molecule has 4 nitrogen and oxygen atoms in total. The van der Waals surface area contributed by atoms with Gasteiger partial charge in [0.25, 0.3) is 0 Å². The maximum atomic E-state index is 12.3. The first kappa shape index (κ1) is 16.4. The number of nitrogens with zero attached hydrogens (tertiary/aromatic N) is 1. The van der Waals surface area contributed by atoms with Crippen molar-refractivity contribution in [2.75, 3.05) is 20.3 Å². The zero-order chi connectivity index (χ0) is 13.4. The summed E-state index contributed by atoms with van der Waals surface area (Å²) in [5.74, 6) is 0.215. The molecule has 0 aliphatic rings. The van der Waals surface area contributed by atoms with Crippen molar-refractivity contribution in [3.8, 4) is 0 Å². The van der Waals surface area contributed by atoms with Crippen LogP contribution in [0.5, 0.6) is 0 Å². The van der Waals surface area contributed by atoms with E-state index in [9.17, 15) is 4.79 Å². The van der Waals surface area contributed by atoms with Crippen molar-refractivity contribution in [2.45, 2.75) is 52.6 Å². The van der Waals surface area contributed by atoms with Crippen molar-refractivity contribution in [1.29, 1.82) is 0 Å². The van der Waals surface area contributed by atoms with Gasteiger partial charge in [0.05, 0.1) is 12.6 Å². The van der Waals surface area contributed by atoms with Gasteiger partial charge in [0, 0.05) is 19.7 Å². The Hall–Kier alpha value is -0.610. The molecule has 0 unspecified atom stereocenters. The molecule has 0 rings (SSSR count). The predicted octanol–water partition coefficient (Wildman–Crippen LogP) is 1.63. The third kappa shape index (κ3) is 5.04. The normalized spacial score (nSPS) is 13.2.